The molecule has 0 amide bonds. The third-order valence-electron chi connectivity index (χ3n) is 4.32. The molecule has 1 fully saturated rings. The van der Waals surface area contributed by atoms with Gasteiger partial charge in [-0.2, -0.15) is 0 Å². The summed E-state index contributed by atoms with van der Waals surface area (Å²) < 4.78 is 0. The molecular formula is C17H29N5O. The molecule has 1 saturated heterocycles. The van der Waals surface area contributed by atoms with Gasteiger partial charge in [-0.15, -0.1) is 0 Å². The summed E-state index contributed by atoms with van der Waals surface area (Å²) in [4.78, 5) is 23.3. The van der Waals surface area contributed by atoms with Crippen molar-refractivity contribution in [3.63, 3.8) is 0 Å². The van der Waals surface area contributed by atoms with Crippen LogP contribution in [-0.2, 0) is 0 Å². The minimum absolute atomic E-state index is 0. The Morgan fingerprint density at radius 2 is 2.04 bits per heavy atom. The zero-order chi connectivity index (χ0) is 16.2. The van der Waals surface area contributed by atoms with Crippen LogP contribution in [0.5, 0.6) is 0 Å². The van der Waals surface area contributed by atoms with Crippen molar-refractivity contribution in [2.45, 2.75) is 12.8 Å². The number of nitrogen functional groups attached to an aromatic ring is 1. The summed E-state index contributed by atoms with van der Waals surface area (Å²) in [5, 5.41) is 0. The van der Waals surface area contributed by atoms with Crippen LogP contribution in [0.3, 0.4) is 0 Å². The van der Waals surface area contributed by atoms with Crippen molar-refractivity contribution in [3.05, 3.63) is 47.8 Å². The van der Waals surface area contributed by atoms with Crippen molar-refractivity contribution >= 4 is 17.4 Å². The number of carbonyl (C=O) groups excluding carboxylic acids is 1. The van der Waals surface area contributed by atoms with Gasteiger partial charge in [0.1, 0.15) is 17.3 Å². The zero-order valence-corrected chi connectivity index (χ0v) is 13.0. The summed E-state index contributed by atoms with van der Waals surface area (Å²) in [6.45, 7) is 2.57. The van der Waals surface area contributed by atoms with Crippen LogP contribution >= 0.6 is 0 Å². The first kappa shape index (κ1) is 15.4. The Balaban J connectivity index is 0. The number of piperidine rings is 1. The first-order valence-electron chi connectivity index (χ1n) is 7.86. The first-order chi connectivity index (χ1) is 11.2. The van der Waals surface area contributed by atoms with E-state index >= 15 is 0 Å². The van der Waals surface area contributed by atoms with Gasteiger partial charge in [-0.25, -0.2) is 9.97 Å². The quantitative estimate of drug-likeness (QED) is 0.840. The monoisotopic (exact) mass is 319 g/mol. The molecule has 0 unspecified atom stereocenters. The van der Waals surface area contributed by atoms with Gasteiger partial charge < -0.3 is 16.4 Å². The van der Waals surface area contributed by atoms with Gasteiger partial charge in [0.2, 0.25) is 5.78 Å². The molecule has 4 N–H and O–H groups in total. The van der Waals surface area contributed by atoms with Gasteiger partial charge in [0.15, 0.2) is 0 Å². The number of hydrogen-bond acceptors (Lipinski definition) is 6. The molecule has 0 bridgehead atoms. The molecule has 6 heteroatoms. The zero-order valence-electron chi connectivity index (χ0n) is 13.0. The van der Waals surface area contributed by atoms with E-state index in [0.717, 1.165) is 38.3 Å². The number of pyridine rings is 2. The van der Waals surface area contributed by atoms with Crippen molar-refractivity contribution in [1.82, 2.24) is 9.97 Å². The molecular weight excluding hydrogens is 290 g/mol. The molecule has 6 nitrogen and oxygen atoms in total. The smallest absolute Gasteiger partial charge is 0.215 e. The molecule has 128 valence electrons. The largest absolute Gasteiger partial charge is 0.383 e. The highest BCUT2D eigenvalue weighted by molar-refractivity contribution is 6.10. The molecule has 2 aromatic rings. The van der Waals surface area contributed by atoms with E-state index in [1.807, 2.05) is 12.1 Å². The summed E-state index contributed by atoms with van der Waals surface area (Å²) >= 11 is 0. The molecule has 3 heterocycles. The molecule has 1 aliphatic heterocycles. The van der Waals surface area contributed by atoms with Gasteiger partial charge >= 0.3 is 0 Å². The molecule has 2 aromatic heterocycles. The van der Waals surface area contributed by atoms with Crippen molar-refractivity contribution in [1.29, 1.82) is 0 Å². The van der Waals surface area contributed by atoms with Crippen LogP contribution in [0.25, 0.3) is 0 Å². The molecule has 0 aliphatic carbocycles. The standard InChI is InChI=1S/C17H21N5O.4H2/c18-11-12-6-9-22(10-7-12)15-5-1-4-14(21-15)16(23)13-3-2-8-20-17(13)19;;;;/h1-5,8,12H,6-7,9-11,18H2,(H2,19,20);4*1H. The van der Waals surface area contributed by atoms with Gasteiger partial charge in [-0.3, -0.25) is 4.79 Å². The van der Waals surface area contributed by atoms with Crippen LogP contribution in [0.2, 0.25) is 0 Å². The summed E-state index contributed by atoms with van der Waals surface area (Å²) in [5.41, 5.74) is 12.3. The summed E-state index contributed by atoms with van der Waals surface area (Å²) in [6.07, 6.45) is 3.69. The van der Waals surface area contributed by atoms with E-state index in [2.05, 4.69) is 14.9 Å². The lowest BCUT2D eigenvalue weighted by Gasteiger charge is -2.32. The fraction of sp³-hybridized carbons (Fsp3) is 0.353. The van der Waals surface area contributed by atoms with Crippen LogP contribution in [0, 0.1) is 5.92 Å². The molecule has 0 saturated carbocycles. The molecule has 0 atom stereocenters. The molecule has 3 rings (SSSR count). The topological polar surface area (TPSA) is 98.1 Å². The normalized spacial score (nSPS) is 15.6. The second kappa shape index (κ2) is 6.75. The molecule has 23 heavy (non-hydrogen) atoms. The third kappa shape index (κ3) is 3.32. The maximum absolute atomic E-state index is 12.6. The minimum atomic E-state index is -0.200. The van der Waals surface area contributed by atoms with Gasteiger partial charge in [-0.05, 0) is 49.6 Å². The second-order valence-electron chi connectivity index (χ2n) is 5.81. The average Bonchev–Trinajstić information content (AvgIpc) is 2.62. The highest BCUT2D eigenvalue weighted by Crippen LogP contribution is 2.22. The van der Waals surface area contributed by atoms with Crippen molar-refractivity contribution < 1.29 is 10.5 Å². The number of hydrogen-bond donors (Lipinski definition) is 2. The van der Waals surface area contributed by atoms with Crippen LogP contribution in [0.4, 0.5) is 11.6 Å². The lowest BCUT2D eigenvalue weighted by atomic mass is 9.97. The Labute approximate surface area is 141 Å². The predicted octanol–water partition coefficient (Wildman–Crippen LogP) is 2.45. The SMILES string of the molecule is NCC1CCN(c2cccc(C(=O)c3cccnc3N)n2)CC1.[HH].[HH].[HH].[HH]. The lowest BCUT2D eigenvalue weighted by Crippen LogP contribution is -2.36. The lowest BCUT2D eigenvalue weighted by molar-refractivity contribution is 0.103. The summed E-state index contributed by atoms with van der Waals surface area (Å²) in [7, 11) is 0. The van der Waals surface area contributed by atoms with Crippen LogP contribution in [-0.4, -0.2) is 35.4 Å². The Kier molecular flexibility index (Phi) is 4.52. The molecule has 0 spiro atoms. The Morgan fingerprint density at radius 1 is 1.26 bits per heavy atom. The highest BCUT2D eigenvalue weighted by Gasteiger charge is 2.20. The number of rotatable bonds is 4. The van der Waals surface area contributed by atoms with Crippen molar-refractivity contribution in [2.24, 2.45) is 11.7 Å². The molecule has 0 radical (unpaired) electrons. The van der Waals surface area contributed by atoms with Crippen molar-refractivity contribution in [3.8, 4) is 0 Å². The maximum Gasteiger partial charge on any atom is 0.215 e. The Morgan fingerprint density at radius 3 is 2.74 bits per heavy atom. The van der Waals surface area contributed by atoms with E-state index in [4.69, 9.17) is 11.5 Å². The average molecular weight is 319 g/mol. The van der Waals surface area contributed by atoms with Crippen LogP contribution < -0.4 is 16.4 Å². The van der Waals surface area contributed by atoms with E-state index in [1.54, 1.807) is 24.4 Å². The molecule has 1 aliphatic rings. The van der Waals surface area contributed by atoms with E-state index < -0.39 is 0 Å². The number of nitrogens with zero attached hydrogens (tertiary/aromatic N) is 3. The number of nitrogens with two attached hydrogens (primary N) is 2. The van der Waals surface area contributed by atoms with E-state index in [0.29, 0.717) is 17.2 Å². The minimum Gasteiger partial charge on any atom is -0.383 e. The van der Waals surface area contributed by atoms with Gasteiger partial charge in [0, 0.05) is 25.0 Å². The van der Waals surface area contributed by atoms with E-state index in [-0.39, 0.29) is 17.3 Å². The van der Waals surface area contributed by atoms with Gasteiger partial charge in [0.25, 0.3) is 0 Å². The number of carbonyl (C=O) groups is 1. The number of aromatic nitrogens is 2. The number of anilines is 2. The van der Waals surface area contributed by atoms with Gasteiger partial charge in [0.05, 0.1) is 5.56 Å². The second-order valence-corrected chi connectivity index (χ2v) is 5.81. The first-order valence-corrected chi connectivity index (χ1v) is 7.86. The van der Waals surface area contributed by atoms with Crippen LogP contribution in [0.15, 0.2) is 36.5 Å². The predicted molar refractivity (Wildman–Crippen MR) is 98.8 cm³/mol. The van der Waals surface area contributed by atoms with Crippen molar-refractivity contribution in [2.75, 3.05) is 30.3 Å². The van der Waals surface area contributed by atoms with E-state index in [1.165, 1.54) is 0 Å². The summed E-state index contributed by atoms with van der Waals surface area (Å²) in [5.74, 6) is 1.45. The van der Waals surface area contributed by atoms with Crippen LogP contribution in [0.1, 0.15) is 34.6 Å². The Bertz CT molecular complexity index is 711. The fourth-order valence-corrected chi connectivity index (χ4v) is 2.87. The fourth-order valence-electron chi connectivity index (χ4n) is 2.87. The van der Waals surface area contributed by atoms with Gasteiger partial charge in [-0.1, -0.05) is 6.07 Å². The Hall–Kier alpha value is -2.47. The third-order valence-corrected chi connectivity index (χ3v) is 4.32. The maximum atomic E-state index is 12.6. The summed E-state index contributed by atoms with van der Waals surface area (Å²) in [6, 6.07) is 8.88. The highest BCUT2D eigenvalue weighted by atomic mass is 16.1. The number of ketones is 1. The molecule has 0 aromatic carbocycles. The van der Waals surface area contributed by atoms with E-state index in [9.17, 15) is 4.79 Å².